The lowest BCUT2D eigenvalue weighted by atomic mass is 9.55. The van der Waals surface area contributed by atoms with Crippen LogP contribution in [0, 0.1) is 0 Å². The van der Waals surface area contributed by atoms with E-state index in [-0.39, 0.29) is 0 Å². The summed E-state index contributed by atoms with van der Waals surface area (Å²) in [5.41, 5.74) is 20.4. The van der Waals surface area contributed by atoms with Crippen molar-refractivity contribution in [2.75, 3.05) is 28.6 Å². The molecule has 9 nitrogen and oxygen atoms in total. The van der Waals surface area contributed by atoms with Gasteiger partial charge < -0.3 is 42.3 Å². The Kier molecular flexibility index (Phi) is 9.41. The van der Waals surface area contributed by atoms with Gasteiger partial charge in [0.25, 0.3) is 0 Å². The summed E-state index contributed by atoms with van der Waals surface area (Å²) < 4.78 is 15.6. The van der Waals surface area contributed by atoms with Gasteiger partial charge in [-0.3, -0.25) is 0 Å². The molecule has 0 aliphatic carbocycles. The molecule has 84 heavy (non-hydrogen) atoms. The van der Waals surface area contributed by atoms with Crippen LogP contribution in [0.15, 0.2) is 291 Å². The second-order valence-corrected chi connectivity index (χ2v) is 22.4. The van der Waals surface area contributed by atoms with Crippen LogP contribution in [0.5, 0.6) is 0 Å². The molecule has 12 heteroatoms. The van der Waals surface area contributed by atoms with E-state index >= 15 is 0 Å². The molecule has 0 radical (unpaired) electrons. The van der Waals surface area contributed by atoms with Gasteiger partial charge in [0.05, 0.1) is 84.3 Å². The number of hydrogen-bond acceptors (Lipinski definition) is 6. The van der Waals surface area contributed by atoms with E-state index in [1.807, 2.05) is 0 Å². The summed E-state index contributed by atoms with van der Waals surface area (Å²) in [5, 5.41) is 7.37. The Hall–Kier alpha value is -11.0. The van der Waals surface area contributed by atoms with E-state index in [0.717, 1.165) is 68.2 Å². The minimum atomic E-state index is -0.411. The molecule has 0 N–H and O–H groups in total. The summed E-state index contributed by atoms with van der Waals surface area (Å²) in [6, 6.07) is 108. The molecule has 4 aliphatic rings. The highest BCUT2D eigenvalue weighted by molar-refractivity contribution is 7.11. The largest absolute Gasteiger partial charge is 0.489 e. The average molecular weight is 1070 g/mol. The molecule has 0 spiro atoms. The molecular formula is C72H48B3N9. The fraction of sp³-hybridized carbons (Fsp3) is 0. The Balaban J connectivity index is 0.911. The normalized spacial score (nSPS) is 14.2. The fourth-order valence-corrected chi connectivity index (χ4v) is 15.2. The van der Waals surface area contributed by atoms with Crippen LogP contribution >= 0.6 is 0 Å². The van der Waals surface area contributed by atoms with E-state index in [1.165, 1.54) is 65.4 Å². The van der Waals surface area contributed by atoms with Crippen molar-refractivity contribution in [3.05, 3.63) is 291 Å². The molecular weight excluding hydrogens is 1020 g/mol. The van der Waals surface area contributed by atoms with Gasteiger partial charge in [0.1, 0.15) is 0 Å². The zero-order valence-electron chi connectivity index (χ0n) is 45.5. The molecule has 7 heterocycles. The number of nitrogens with zero attached hydrogens (tertiary/aromatic N) is 9. The Bertz CT molecular complexity index is 4550. The number of fused-ring (bicyclic) bond motifs is 21. The van der Waals surface area contributed by atoms with Gasteiger partial charge in [-0.2, -0.15) is 0 Å². The van der Waals surface area contributed by atoms with Gasteiger partial charge in [-0.15, -0.1) is 0 Å². The molecule has 3 aromatic heterocycles. The first-order chi connectivity index (χ1) is 41.8. The van der Waals surface area contributed by atoms with Gasteiger partial charge in [0.15, 0.2) is 0 Å². The van der Waals surface area contributed by atoms with E-state index in [1.54, 1.807) is 0 Å². The van der Waals surface area contributed by atoms with E-state index in [0.29, 0.717) is 0 Å². The number of aromatic nitrogens is 3. The number of anilines is 9. The fourth-order valence-electron chi connectivity index (χ4n) is 15.2. The summed E-state index contributed by atoms with van der Waals surface area (Å²) in [6.45, 7) is 0. The van der Waals surface area contributed by atoms with Crippen LogP contribution in [0.2, 0.25) is 0 Å². The monoisotopic (exact) mass is 1070 g/mol. The Labute approximate surface area is 485 Å². The van der Waals surface area contributed by atoms with E-state index in [2.05, 4.69) is 333 Å². The van der Waals surface area contributed by atoms with Gasteiger partial charge in [-0.25, -0.2) is 0 Å². The van der Waals surface area contributed by atoms with Crippen LogP contribution in [0.1, 0.15) is 0 Å². The van der Waals surface area contributed by atoms with E-state index in [9.17, 15) is 0 Å². The second-order valence-electron chi connectivity index (χ2n) is 22.4. The lowest BCUT2D eigenvalue weighted by Crippen LogP contribution is -2.83. The number of rotatable bonds is 6. The first kappa shape index (κ1) is 45.7. The summed E-state index contributed by atoms with van der Waals surface area (Å²) in [7, 11) is -1.23. The Morgan fingerprint density at radius 1 is 0.155 bits per heavy atom. The summed E-state index contributed by atoms with van der Waals surface area (Å²) >= 11 is 0. The molecule has 0 atom stereocenters. The molecule has 0 amide bonds. The molecule has 0 unspecified atom stereocenters. The average Bonchev–Trinajstić information content (AvgIpc) is 1.97. The highest BCUT2D eigenvalue weighted by Gasteiger charge is 2.70. The maximum absolute atomic E-state index is 2.72. The van der Waals surface area contributed by atoms with E-state index in [4.69, 9.17) is 0 Å². The summed E-state index contributed by atoms with van der Waals surface area (Å²) in [5.74, 6) is 0. The maximum atomic E-state index is 2.72. The van der Waals surface area contributed by atoms with Crippen molar-refractivity contribution in [2.45, 2.75) is 0 Å². The molecule has 0 saturated carbocycles. The number of hydrogen-bond donors (Lipinski definition) is 0. The van der Waals surface area contributed by atoms with Gasteiger partial charge >= 0.3 is 21.4 Å². The maximum Gasteiger partial charge on any atom is 0.489 e. The minimum absolute atomic E-state index is 0.411. The third-order valence-corrected chi connectivity index (χ3v) is 18.3. The highest BCUT2D eigenvalue weighted by Crippen LogP contribution is 2.59. The van der Waals surface area contributed by atoms with Crippen molar-refractivity contribution in [3.8, 4) is 17.1 Å². The van der Waals surface area contributed by atoms with Crippen LogP contribution in [0.25, 0.3) is 82.5 Å². The SMILES string of the molecule is c1ccc2c(c1)N1B(N3B(N4B1N(c1ccccc1-n1c5ccccc5c5ccccc51)c1ccccc14)N(c1ccccc1-n1c4ccccc4c4ccccc41)c1ccccc13)N2c1ccccc1-n1c2ccccc2c2ccccc21. The molecule has 19 rings (SSSR count). The van der Waals surface area contributed by atoms with Crippen LogP contribution < -0.4 is 28.6 Å². The van der Waals surface area contributed by atoms with Crippen molar-refractivity contribution < 1.29 is 0 Å². The highest BCUT2D eigenvalue weighted by atomic mass is 15.6. The molecule has 1 fully saturated rings. The predicted molar refractivity (Wildman–Crippen MR) is 353 cm³/mol. The molecule has 0 bridgehead atoms. The molecule has 1 saturated heterocycles. The van der Waals surface area contributed by atoms with Crippen molar-refractivity contribution >= 4 is 138 Å². The third-order valence-electron chi connectivity index (χ3n) is 18.3. The topological polar surface area (TPSA) is 34.2 Å². The van der Waals surface area contributed by atoms with Crippen molar-refractivity contribution in [1.82, 2.24) is 13.7 Å². The summed E-state index contributed by atoms with van der Waals surface area (Å²) in [4.78, 5) is 7.95. The lowest BCUT2D eigenvalue weighted by molar-refractivity contribution is 1.15. The number of benzene rings is 12. The third kappa shape index (κ3) is 6.00. The van der Waals surface area contributed by atoms with Gasteiger partial charge in [0, 0.05) is 49.4 Å². The second kappa shape index (κ2) is 17.3. The van der Waals surface area contributed by atoms with E-state index < -0.39 is 21.4 Å². The van der Waals surface area contributed by atoms with Gasteiger partial charge in [-0.05, 0) is 109 Å². The van der Waals surface area contributed by atoms with Crippen molar-refractivity contribution in [1.29, 1.82) is 0 Å². The molecule has 15 aromatic rings. The van der Waals surface area contributed by atoms with Gasteiger partial charge in [0.2, 0.25) is 0 Å². The molecule has 12 aromatic carbocycles. The van der Waals surface area contributed by atoms with Crippen molar-refractivity contribution in [2.24, 2.45) is 0 Å². The lowest BCUT2D eigenvalue weighted by Gasteiger charge is -2.51. The first-order valence-electron chi connectivity index (χ1n) is 29.0. The summed E-state index contributed by atoms with van der Waals surface area (Å²) in [6.07, 6.45) is 0. The minimum Gasteiger partial charge on any atom is -0.382 e. The smallest absolute Gasteiger partial charge is 0.382 e. The van der Waals surface area contributed by atoms with Crippen LogP contribution in [0.4, 0.5) is 51.2 Å². The standard InChI is InChI=1S/C72H48B3N9/c1-7-31-55-49(25-1)50-26-2-8-32-56(50)76(55)61-37-13-16-40-64(61)79-67-43-19-22-46-70(67)82-73(79)83-71-47-23-20-44-68(71)80(65-41-17-14-38-62(65)77-57-33-9-3-27-51(57)52-28-4-10-34-58(52)77)75(83)84-72-48-24-21-45-69(72)81(74(82)84)66-42-18-15-39-63(66)78-59-35-11-5-29-53(59)54-30-6-12-36-60(54)78/h1-48H. The Morgan fingerprint density at radius 3 is 0.524 bits per heavy atom. The zero-order valence-corrected chi connectivity index (χ0v) is 45.5. The van der Waals surface area contributed by atoms with Crippen LogP contribution in [-0.2, 0) is 0 Å². The predicted octanol–water partition coefficient (Wildman–Crippen LogP) is 17.2. The van der Waals surface area contributed by atoms with Crippen LogP contribution in [-0.4, -0.2) is 35.1 Å². The van der Waals surface area contributed by atoms with Crippen molar-refractivity contribution in [3.63, 3.8) is 0 Å². The molecule has 390 valence electrons. The van der Waals surface area contributed by atoms with Crippen LogP contribution in [0.3, 0.4) is 0 Å². The Morgan fingerprint density at radius 2 is 0.310 bits per heavy atom. The quantitative estimate of drug-likeness (QED) is 0.154. The zero-order chi connectivity index (χ0) is 54.7. The van der Waals surface area contributed by atoms with Gasteiger partial charge in [-0.1, -0.05) is 182 Å². The first-order valence-corrected chi connectivity index (χ1v) is 29.0. The molecule has 4 aliphatic heterocycles. The number of para-hydroxylation sites is 18.